The van der Waals surface area contributed by atoms with Crippen LogP contribution in [0.5, 0.6) is 0 Å². The van der Waals surface area contributed by atoms with Gasteiger partial charge in [0.1, 0.15) is 13.2 Å². The van der Waals surface area contributed by atoms with Crippen molar-refractivity contribution in [3.8, 4) is 0 Å². The lowest BCUT2D eigenvalue weighted by Gasteiger charge is -2.30. The van der Waals surface area contributed by atoms with E-state index in [9.17, 15) is 14.7 Å². The van der Waals surface area contributed by atoms with Crippen molar-refractivity contribution in [1.29, 1.82) is 0 Å². The number of nitrogens with two attached hydrogens (primary N) is 1. The van der Waals surface area contributed by atoms with Gasteiger partial charge in [0.2, 0.25) is 5.91 Å². The first kappa shape index (κ1) is 24.4. The van der Waals surface area contributed by atoms with E-state index in [1.165, 1.54) is 24.2 Å². The zero-order chi connectivity index (χ0) is 21.9. The smallest absolute Gasteiger partial charge is 0.325 e. The Labute approximate surface area is 180 Å². The van der Waals surface area contributed by atoms with Crippen LogP contribution in [0.4, 0.5) is 0 Å². The normalized spacial score (nSPS) is 16.8. The number of aliphatic hydroxyl groups excluding tert-OH is 1. The van der Waals surface area contributed by atoms with Crippen LogP contribution in [-0.2, 0) is 20.9 Å². The Kier molecular flexibility index (Phi) is 10.3. The number of carbonyl (C=O) groups excluding carboxylic acids is 2. The summed E-state index contributed by atoms with van der Waals surface area (Å²) in [7, 11) is 0. The Bertz CT molecular complexity index is 644. The molecule has 0 aromatic heterocycles. The fourth-order valence-electron chi connectivity index (χ4n) is 4.00. The first-order valence-corrected chi connectivity index (χ1v) is 11.3. The van der Waals surface area contributed by atoms with Gasteiger partial charge in [0, 0.05) is 19.0 Å². The molecule has 3 N–H and O–H groups in total. The predicted octanol–water partition coefficient (Wildman–Crippen LogP) is 3.26. The minimum absolute atomic E-state index is 0.0554. The number of carbonyl (C=O) groups is 2. The van der Waals surface area contributed by atoms with Crippen LogP contribution in [0, 0.1) is 11.8 Å². The fourth-order valence-corrected chi connectivity index (χ4v) is 4.00. The van der Waals surface area contributed by atoms with Crippen LogP contribution in [-0.4, -0.2) is 47.1 Å². The van der Waals surface area contributed by atoms with E-state index in [2.05, 4.69) is 0 Å². The molecule has 0 saturated heterocycles. The molecule has 1 aromatic carbocycles. The summed E-state index contributed by atoms with van der Waals surface area (Å²) in [4.78, 5) is 26.4. The molecule has 0 spiro atoms. The summed E-state index contributed by atoms with van der Waals surface area (Å²) in [5, 5.41) is 10.7. The van der Waals surface area contributed by atoms with Crippen LogP contribution < -0.4 is 5.73 Å². The second-order valence-corrected chi connectivity index (χ2v) is 8.99. The van der Waals surface area contributed by atoms with Crippen LogP contribution >= 0.6 is 0 Å². The van der Waals surface area contributed by atoms with E-state index >= 15 is 0 Å². The minimum atomic E-state index is -0.857. The summed E-state index contributed by atoms with van der Waals surface area (Å²) in [6, 6.07) is 9.02. The molecule has 2 atom stereocenters. The number of benzene rings is 1. The fraction of sp³-hybridized carbons (Fsp3) is 0.667. The number of ether oxygens (including phenoxy) is 1. The number of nitrogens with zero attached hydrogens (tertiary/aromatic N) is 1. The van der Waals surface area contributed by atoms with Gasteiger partial charge < -0.3 is 20.5 Å². The Morgan fingerprint density at radius 1 is 1.17 bits per heavy atom. The molecule has 0 radical (unpaired) electrons. The van der Waals surface area contributed by atoms with E-state index in [0.29, 0.717) is 12.3 Å². The van der Waals surface area contributed by atoms with Crippen LogP contribution in [0.25, 0.3) is 0 Å². The van der Waals surface area contributed by atoms with Crippen molar-refractivity contribution in [2.75, 3.05) is 13.1 Å². The number of amides is 1. The Morgan fingerprint density at radius 3 is 2.47 bits per heavy atom. The predicted molar refractivity (Wildman–Crippen MR) is 117 cm³/mol. The molecule has 0 bridgehead atoms. The van der Waals surface area contributed by atoms with Crippen molar-refractivity contribution in [3.05, 3.63) is 35.9 Å². The number of hydrogen-bond donors (Lipinski definition) is 2. The molecule has 1 saturated carbocycles. The van der Waals surface area contributed by atoms with Gasteiger partial charge in [-0.15, -0.1) is 0 Å². The maximum absolute atomic E-state index is 12.7. The standard InChI is InChI=1S/C24H38N2O4/c1-18(2)13-23(28)26(16-24(29)30-17-20-11-7-4-8-12-20)15-22(27)21(25)14-19-9-5-3-6-10-19/h4,7-8,11-12,18-19,21-22,27H,3,5-6,9-10,13-17,25H2,1-2H3/t21-,22+/m0/s1. The summed E-state index contributed by atoms with van der Waals surface area (Å²) in [5.74, 6) is 0.0574. The number of esters is 1. The SMILES string of the molecule is CC(C)CC(=O)N(CC(=O)OCc1ccccc1)C[C@@H](O)[C@@H](N)CC1CCCCC1. The molecule has 6 nitrogen and oxygen atoms in total. The molecular formula is C24H38N2O4. The average Bonchev–Trinajstić information content (AvgIpc) is 2.72. The third-order valence-corrected chi connectivity index (χ3v) is 5.73. The summed E-state index contributed by atoms with van der Waals surface area (Å²) in [5.41, 5.74) is 7.15. The molecule has 1 aliphatic rings. The summed E-state index contributed by atoms with van der Waals surface area (Å²) in [6.07, 6.45) is 6.24. The van der Waals surface area contributed by atoms with Crippen LogP contribution in [0.15, 0.2) is 30.3 Å². The van der Waals surface area contributed by atoms with E-state index in [1.54, 1.807) is 0 Å². The van der Waals surface area contributed by atoms with Crippen molar-refractivity contribution in [2.45, 2.75) is 77.5 Å². The quantitative estimate of drug-likeness (QED) is 0.538. The van der Waals surface area contributed by atoms with Crippen molar-refractivity contribution in [1.82, 2.24) is 4.90 Å². The molecule has 30 heavy (non-hydrogen) atoms. The van der Waals surface area contributed by atoms with E-state index < -0.39 is 18.1 Å². The Balaban J connectivity index is 1.90. The average molecular weight is 419 g/mol. The molecule has 1 aromatic rings. The van der Waals surface area contributed by atoms with Gasteiger partial charge in [0.05, 0.1) is 6.10 Å². The van der Waals surface area contributed by atoms with Crippen LogP contribution in [0.3, 0.4) is 0 Å². The molecule has 2 rings (SSSR count). The molecule has 1 fully saturated rings. The lowest BCUT2D eigenvalue weighted by atomic mass is 9.84. The monoisotopic (exact) mass is 418 g/mol. The second-order valence-electron chi connectivity index (χ2n) is 8.99. The molecule has 0 heterocycles. The van der Waals surface area contributed by atoms with Gasteiger partial charge in [-0.25, -0.2) is 0 Å². The minimum Gasteiger partial charge on any atom is -0.459 e. The third-order valence-electron chi connectivity index (χ3n) is 5.73. The van der Waals surface area contributed by atoms with Gasteiger partial charge >= 0.3 is 5.97 Å². The van der Waals surface area contributed by atoms with Crippen LogP contribution in [0.1, 0.15) is 64.4 Å². The first-order valence-electron chi connectivity index (χ1n) is 11.3. The highest BCUT2D eigenvalue weighted by atomic mass is 16.5. The first-order chi connectivity index (χ1) is 14.3. The number of aliphatic hydroxyl groups is 1. The second kappa shape index (κ2) is 12.7. The van der Waals surface area contributed by atoms with E-state index in [4.69, 9.17) is 10.5 Å². The Morgan fingerprint density at radius 2 is 1.83 bits per heavy atom. The summed E-state index contributed by atoms with van der Waals surface area (Å²) < 4.78 is 5.33. The highest BCUT2D eigenvalue weighted by Gasteiger charge is 2.27. The van der Waals surface area contributed by atoms with Crippen molar-refractivity contribution in [2.24, 2.45) is 17.6 Å². The van der Waals surface area contributed by atoms with Gasteiger partial charge in [0.25, 0.3) is 0 Å². The number of rotatable bonds is 11. The maximum atomic E-state index is 12.7. The Hall–Kier alpha value is -1.92. The largest absolute Gasteiger partial charge is 0.459 e. The highest BCUT2D eigenvalue weighted by Crippen LogP contribution is 2.27. The van der Waals surface area contributed by atoms with Gasteiger partial charge in [-0.05, 0) is 23.8 Å². The number of hydrogen-bond acceptors (Lipinski definition) is 5. The van der Waals surface area contributed by atoms with E-state index in [1.807, 2.05) is 44.2 Å². The van der Waals surface area contributed by atoms with Crippen molar-refractivity contribution >= 4 is 11.9 Å². The lowest BCUT2D eigenvalue weighted by molar-refractivity contribution is -0.151. The topological polar surface area (TPSA) is 92.9 Å². The molecule has 6 heteroatoms. The molecule has 1 aliphatic carbocycles. The maximum Gasteiger partial charge on any atom is 0.325 e. The van der Waals surface area contributed by atoms with E-state index in [-0.39, 0.29) is 31.5 Å². The molecule has 1 amide bonds. The third kappa shape index (κ3) is 8.84. The summed E-state index contributed by atoms with van der Waals surface area (Å²) >= 11 is 0. The highest BCUT2D eigenvalue weighted by molar-refractivity contribution is 5.82. The van der Waals surface area contributed by atoms with Crippen LogP contribution in [0.2, 0.25) is 0 Å². The van der Waals surface area contributed by atoms with Gasteiger partial charge in [0.15, 0.2) is 0 Å². The molecule has 0 aliphatic heterocycles. The van der Waals surface area contributed by atoms with Gasteiger partial charge in [-0.2, -0.15) is 0 Å². The van der Waals surface area contributed by atoms with E-state index in [0.717, 1.165) is 24.8 Å². The van der Waals surface area contributed by atoms with Crippen molar-refractivity contribution < 1.29 is 19.4 Å². The zero-order valence-electron chi connectivity index (χ0n) is 18.5. The zero-order valence-corrected chi connectivity index (χ0v) is 18.5. The summed E-state index contributed by atoms with van der Waals surface area (Å²) in [6.45, 7) is 3.95. The molecule has 168 valence electrons. The van der Waals surface area contributed by atoms with Gasteiger partial charge in [-0.3, -0.25) is 9.59 Å². The van der Waals surface area contributed by atoms with Crippen molar-refractivity contribution in [3.63, 3.8) is 0 Å². The van der Waals surface area contributed by atoms with Gasteiger partial charge in [-0.1, -0.05) is 76.3 Å². The molecule has 0 unspecified atom stereocenters. The lowest BCUT2D eigenvalue weighted by Crippen LogP contribution is -2.48. The molecular weight excluding hydrogens is 380 g/mol.